The summed E-state index contributed by atoms with van der Waals surface area (Å²) in [5.41, 5.74) is 24.8. The number of nitrogens with zero attached hydrogens (tertiary/aromatic N) is 4. The van der Waals surface area contributed by atoms with Crippen LogP contribution in [0.25, 0.3) is 0 Å². The van der Waals surface area contributed by atoms with E-state index in [1.807, 2.05) is 0 Å². The molecule has 260 valence electrons. The van der Waals surface area contributed by atoms with Crippen molar-refractivity contribution in [2.75, 3.05) is 30.3 Å². The van der Waals surface area contributed by atoms with Gasteiger partial charge in [-0.3, -0.25) is 14.8 Å². The predicted molar refractivity (Wildman–Crippen MR) is 183 cm³/mol. The molecule has 2 rings (SSSR count). The highest BCUT2D eigenvalue weighted by molar-refractivity contribution is 6.31. The lowest BCUT2D eigenvalue weighted by Gasteiger charge is -2.23. The smallest absolute Gasteiger partial charge is 0.295 e. The van der Waals surface area contributed by atoms with E-state index in [2.05, 4.69) is 35.3 Å². The summed E-state index contributed by atoms with van der Waals surface area (Å²) in [6.07, 6.45) is -3.52. The van der Waals surface area contributed by atoms with Crippen LogP contribution in [-0.2, 0) is 9.53 Å². The zero-order chi connectivity index (χ0) is 35.2. The van der Waals surface area contributed by atoms with Gasteiger partial charge in [0, 0.05) is 34.5 Å². The monoisotopic (exact) mass is 700 g/mol. The molecule has 0 saturated carbocycles. The molecule has 0 aromatic heterocycles. The van der Waals surface area contributed by atoms with Gasteiger partial charge in [-0.15, -0.1) is 0 Å². The molecule has 0 aliphatic rings. The maximum atomic E-state index is 9.69. The highest BCUT2D eigenvalue weighted by atomic mass is 35.5. The quantitative estimate of drug-likeness (QED) is 0.0380. The fourth-order valence-corrected chi connectivity index (χ4v) is 3.59. The average Bonchev–Trinajstić information content (AvgIpc) is 3.03. The maximum absolute atomic E-state index is 9.69. The average molecular weight is 702 g/mol. The van der Waals surface area contributed by atoms with E-state index in [1.165, 1.54) is 0 Å². The first-order valence-electron chi connectivity index (χ1n) is 14.1. The van der Waals surface area contributed by atoms with Crippen LogP contribution in [0.1, 0.15) is 25.7 Å². The first-order valence-corrected chi connectivity index (χ1v) is 14.9. The summed E-state index contributed by atoms with van der Waals surface area (Å²) in [7, 11) is 0. The molecule has 19 heteroatoms. The van der Waals surface area contributed by atoms with Gasteiger partial charge in [-0.2, -0.15) is 9.98 Å². The summed E-state index contributed by atoms with van der Waals surface area (Å²) >= 11 is 11.7. The summed E-state index contributed by atoms with van der Waals surface area (Å²) in [6.45, 7) is 0.219. The van der Waals surface area contributed by atoms with E-state index in [4.69, 9.17) is 71.7 Å². The number of hydrogen-bond donors (Lipinski definition) is 11. The zero-order valence-electron chi connectivity index (χ0n) is 25.4. The summed E-state index contributed by atoms with van der Waals surface area (Å²) in [5, 5.41) is 51.0. The number of anilines is 2. The first-order chi connectivity index (χ1) is 22.4. The van der Waals surface area contributed by atoms with Gasteiger partial charge in [0.15, 0.2) is 0 Å². The van der Waals surface area contributed by atoms with E-state index in [1.54, 1.807) is 48.5 Å². The molecule has 47 heavy (non-hydrogen) atoms. The predicted octanol–water partition coefficient (Wildman–Crippen LogP) is -0.111. The van der Waals surface area contributed by atoms with Crippen LogP contribution in [-0.4, -0.2) is 100 Å². The first kappa shape index (κ1) is 40.8. The number of aliphatic hydroxyl groups is 5. The van der Waals surface area contributed by atoms with Crippen molar-refractivity contribution < 1.29 is 35.1 Å². The van der Waals surface area contributed by atoms with Gasteiger partial charge in [-0.25, -0.2) is 0 Å². The molecule has 2 aromatic carbocycles. The molecule has 0 aliphatic heterocycles. The van der Waals surface area contributed by atoms with Gasteiger partial charge in [-0.05, 0) is 61.4 Å². The number of hydrogen-bond acceptors (Lipinski definition) is 9. The molecule has 0 saturated heterocycles. The Bertz CT molecular complexity index is 1230. The second kappa shape index (κ2) is 23.1. The molecule has 4 unspecified atom stereocenters. The van der Waals surface area contributed by atoms with Crippen LogP contribution in [0.2, 0.25) is 10.0 Å². The van der Waals surface area contributed by atoms with Crippen molar-refractivity contribution in [1.82, 2.24) is 0 Å². The van der Waals surface area contributed by atoms with E-state index in [-0.39, 0.29) is 30.3 Å². The fourth-order valence-electron chi connectivity index (χ4n) is 3.34. The van der Waals surface area contributed by atoms with Crippen LogP contribution in [0.3, 0.4) is 0 Å². The number of benzene rings is 2. The largest absolute Gasteiger partial charge is 0.435 e. The minimum Gasteiger partial charge on any atom is -0.435 e. The van der Waals surface area contributed by atoms with Crippen LogP contribution in [0.4, 0.5) is 11.4 Å². The maximum Gasteiger partial charge on any atom is 0.295 e. The van der Waals surface area contributed by atoms with E-state index in [9.17, 15) is 4.79 Å². The van der Waals surface area contributed by atoms with Crippen molar-refractivity contribution in [3.63, 3.8) is 0 Å². The van der Waals surface area contributed by atoms with Crippen molar-refractivity contribution in [3.05, 3.63) is 58.6 Å². The molecule has 17 nitrogen and oxygen atoms in total. The van der Waals surface area contributed by atoms with Gasteiger partial charge >= 0.3 is 0 Å². The van der Waals surface area contributed by atoms with Crippen LogP contribution >= 0.6 is 23.2 Å². The number of rotatable bonds is 15. The Balaban J connectivity index is 0.000000716. The van der Waals surface area contributed by atoms with Gasteiger partial charge in [0.25, 0.3) is 6.47 Å². The van der Waals surface area contributed by atoms with Crippen LogP contribution in [0, 0.1) is 0 Å². The standard InChI is InChI=1S/C22H30Cl2N10.C6H12O7/c23-15-5-9-17(10-6-15)31-21(27)33-19(25)29-13-3-1-2-4-14-30-20(26)34-22(28)32-18-11-7-16(24)8-12-18;7-1-3(9)4(10)5(11)6(12)13-2-8/h5-12H,1-4,13-14H2,(H5,25,27,29,31,33)(H5,26,28,30,32,34);2-7,9-12H,1H2. The van der Waals surface area contributed by atoms with E-state index < -0.39 is 31.2 Å². The van der Waals surface area contributed by atoms with Crippen LogP contribution < -0.4 is 33.6 Å². The van der Waals surface area contributed by atoms with Crippen molar-refractivity contribution in [2.24, 2.45) is 42.9 Å². The van der Waals surface area contributed by atoms with E-state index in [0.29, 0.717) is 23.1 Å². The summed E-state index contributed by atoms with van der Waals surface area (Å²) < 4.78 is 3.89. The van der Waals surface area contributed by atoms with E-state index in [0.717, 1.165) is 37.1 Å². The molecule has 0 radical (unpaired) electrons. The Morgan fingerprint density at radius 1 is 0.723 bits per heavy atom. The van der Waals surface area contributed by atoms with Gasteiger partial charge in [-0.1, -0.05) is 36.0 Å². The van der Waals surface area contributed by atoms with Crippen LogP contribution in [0.5, 0.6) is 0 Å². The third-order valence-corrected chi connectivity index (χ3v) is 6.24. The van der Waals surface area contributed by atoms with Crippen molar-refractivity contribution in [3.8, 4) is 0 Å². The summed E-state index contributed by atoms with van der Waals surface area (Å²) in [5.74, 6) is 0.564. The van der Waals surface area contributed by atoms with Gasteiger partial charge in [0.1, 0.15) is 18.3 Å². The highest BCUT2D eigenvalue weighted by Gasteiger charge is 2.30. The van der Waals surface area contributed by atoms with Crippen molar-refractivity contribution in [2.45, 2.75) is 50.3 Å². The minimum absolute atomic E-state index is 0.119. The highest BCUT2D eigenvalue weighted by Crippen LogP contribution is 2.14. The molecule has 15 N–H and O–H groups in total. The molecule has 0 fully saturated rings. The fraction of sp³-hybridized carbons (Fsp3) is 0.393. The van der Waals surface area contributed by atoms with Gasteiger partial charge < -0.3 is 63.8 Å². The molecule has 0 bridgehead atoms. The number of guanidine groups is 4. The molecule has 0 aliphatic carbocycles. The molecule has 2 aromatic rings. The normalized spacial score (nSPS) is 15.0. The Hall–Kier alpha value is -4.23. The molecule has 0 spiro atoms. The SMILES string of the molecule is NC(=NCCCCCCN=C(N)N=C(N)Nc1ccc(Cl)cc1)N=C(N)Nc1ccc(Cl)cc1.O=COC(O)C(O)C(O)C(O)CO. The van der Waals surface area contributed by atoms with Gasteiger partial charge in [0.05, 0.1) is 6.61 Å². The zero-order valence-corrected chi connectivity index (χ0v) is 26.9. The van der Waals surface area contributed by atoms with Crippen LogP contribution in [0.15, 0.2) is 68.5 Å². The molecule has 0 heterocycles. The lowest BCUT2D eigenvalue weighted by atomic mass is 10.1. The molecular formula is C28H42Cl2N10O7. The topological polar surface area (TPSA) is 305 Å². The number of aliphatic imine (C=N–C) groups is 4. The Morgan fingerprint density at radius 2 is 1.13 bits per heavy atom. The van der Waals surface area contributed by atoms with E-state index >= 15 is 0 Å². The lowest BCUT2D eigenvalue weighted by molar-refractivity contribution is -0.199. The molecule has 4 atom stereocenters. The molecular weight excluding hydrogens is 659 g/mol. The summed E-state index contributed by atoms with van der Waals surface area (Å²) in [4.78, 5) is 26.2. The third-order valence-electron chi connectivity index (χ3n) is 5.74. The Kier molecular flexibility index (Phi) is 20.1. The number of ether oxygens (including phenoxy) is 1. The number of unbranched alkanes of at least 4 members (excludes halogenated alkanes) is 3. The number of carbonyl (C=O) groups is 1. The second-order valence-electron chi connectivity index (χ2n) is 9.51. The number of aliphatic hydroxyl groups excluding tert-OH is 5. The lowest BCUT2D eigenvalue weighted by Crippen LogP contribution is -2.46. The summed E-state index contributed by atoms with van der Waals surface area (Å²) in [6, 6.07) is 14.1. The number of nitrogens with two attached hydrogens (primary N) is 4. The number of nitrogens with one attached hydrogen (secondary N) is 2. The Morgan fingerprint density at radius 3 is 1.49 bits per heavy atom. The second-order valence-corrected chi connectivity index (χ2v) is 10.4. The van der Waals surface area contributed by atoms with Crippen molar-refractivity contribution >= 4 is 64.9 Å². The van der Waals surface area contributed by atoms with Gasteiger partial charge in [0.2, 0.25) is 30.1 Å². The molecule has 0 amide bonds. The Labute approximate surface area is 281 Å². The number of carbonyl (C=O) groups excluding carboxylic acids is 1. The number of halogens is 2. The third kappa shape index (κ3) is 18.5. The van der Waals surface area contributed by atoms with Crippen molar-refractivity contribution in [1.29, 1.82) is 0 Å². The minimum atomic E-state index is -1.94.